The standard InChI is InChI=1S/C23H36N4O2/c1-17-8-6-10-21(19(17)3)25-23(29)16-27-13-11-26(12-14-27)15-22(28)24-20-9-5-4-7-18(20)2/h6,8,10,18,20H,4-5,7,9,11-16H2,1-3H3,(H,24,28)(H,25,29)/p+2/t18-,20-/m1/s1. The Morgan fingerprint density at radius 2 is 1.59 bits per heavy atom. The van der Waals surface area contributed by atoms with Crippen molar-refractivity contribution in [1.29, 1.82) is 0 Å². The lowest BCUT2D eigenvalue weighted by atomic mass is 9.86. The van der Waals surface area contributed by atoms with Crippen LogP contribution in [0.4, 0.5) is 5.69 Å². The minimum Gasteiger partial charge on any atom is -0.348 e. The number of hydrogen-bond acceptors (Lipinski definition) is 2. The number of hydrogen-bond donors (Lipinski definition) is 4. The van der Waals surface area contributed by atoms with Gasteiger partial charge in [0.2, 0.25) is 0 Å². The van der Waals surface area contributed by atoms with E-state index in [-0.39, 0.29) is 11.8 Å². The number of carbonyl (C=O) groups is 2. The van der Waals surface area contributed by atoms with Crippen molar-refractivity contribution in [3.8, 4) is 0 Å². The fourth-order valence-corrected chi connectivity index (χ4v) is 4.63. The van der Waals surface area contributed by atoms with Gasteiger partial charge < -0.3 is 20.4 Å². The van der Waals surface area contributed by atoms with E-state index in [1.165, 1.54) is 34.6 Å². The quantitative estimate of drug-likeness (QED) is 0.529. The van der Waals surface area contributed by atoms with Crippen LogP contribution < -0.4 is 20.4 Å². The highest BCUT2D eigenvalue weighted by Crippen LogP contribution is 2.23. The van der Waals surface area contributed by atoms with Crippen LogP contribution in [0.2, 0.25) is 0 Å². The summed E-state index contributed by atoms with van der Waals surface area (Å²) in [4.78, 5) is 27.5. The average molecular weight is 403 g/mol. The third-order valence-electron chi connectivity index (χ3n) is 6.82. The van der Waals surface area contributed by atoms with E-state index in [1.807, 2.05) is 19.1 Å². The zero-order chi connectivity index (χ0) is 20.8. The normalized spacial score (nSPS) is 27.3. The van der Waals surface area contributed by atoms with Crippen LogP contribution in [-0.2, 0) is 9.59 Å². The first-order valence-electron chi connectivity index (χ1n) is 11.2. The summed E-state index contributed by atoms with van der Waals surface area (Å²) in [5.74, 6) is 0.857. The van der Waals surface area contributed by atoms with E-state index in [9.17, 15) is 9.59 Å². The summed E-state index contributed by atoms with van der Waals surface area (Å²) in [6.45, 7) is 11.2. The summed E-state index contributed by atoms with van der Waals surface area (Å²) in [5, 5.41) is 6.33. The van der Waals surface area contributed by atoms with E-state index >= 15 is 0 Å². The smallest absolute Gasteiger partial charge is 0.279 e. The van der Waals surface area contributed by atoms with Gasteiger partial charge in [0.25, 0.3) is 11.8 Å². The number of aryl methyl sites for hydroxylation is 1. The largest absolute Gasteiger partial charge is 0.348 e. The van der Waals surface area contributed by atoms with Crippen molar-refractivity contribution in [3.63, 3.8) is 0 Å². The zero-order valence-corrected chi connectivity index (χ0v) is 18.3. The molecule has 0 unspecified atom stereocenters. The zero-order valence-electron chi connectivity index (χ0n) is 18.3. The lowest BCUT2D eigenvalue weighted by molar-refractivity contribution is -1.00. The maximum Gasteiger partial charge on any atom is 0.279 e. The fraction of sp³-hybridized carbons (Fsp3) is 0.652. The van der Waals surface area contributed by atoms with Crippen LogP contribution in [0.3, 0.4) is 0 Å². The third kappa shape index (κ3) is 6.28. The monoisotopic (exact) mass is 402 g/mol. The second kappa shape index (κ2) is 10.2. The van der Waals surface area contributed by atoms with Crippen LogP contribution >= 0.6 is 0 Å². The number of rotatable bonds is 6. The molecular weight excluding hydrogens is 364 g/mol. The first kappa shape index (κ1) is 21.8. The third-order valence-corrected chi connectivity index (χ3v) is 6.82. The van der Waals surface area contributed by atoms with Gasteiger partial charge in [-0.1, -0.05) is 31.9 Å². The molecule has 1 saturated carbocycles. The van der Waals surface area contributed by atoms with Crippen LogP contribution in [0.25, 0.3) is 0 Å². The van der Waals surface area contributed by atoms with Crippen LogP contribution in [0.15, 0.2) is 18.2 Å². The summed E-state index contributed by atoms with van der Waals surface area (Å²) in [6.07, 6.45) is 4.87. The maximum absolute atomic E-state index is 12.5. The van der Waals surface area contributed by atoms with Gasteiger partial charge >= 0.3 is 0 Å². The van der Waals surface area contributed by atoms with Crippen molar-refractivity contribution < 1.29 is 19.4 Å². The van der Waals surface area contributed by atoms with Gasteiger partial charge in [-0.3, -0.25) is 9.59 Å². The van der Waals surface area contributed by atoms with Crippen LogP contribution in [0.5, 0.6) is 0 Å². The van der Waals surface area contributed by atoms with E-state index in [0.29, 0.717) is 25.0 Å². The van der Waals surface area contributed by atoms with Gasteiger partial charge in [0.15, 0.2) is 13.1 Å². The molecule has 160 valence electrons. The van der Waals surface area contributed by atoms with Crippen LogP contribution in [0.1, 0.15) is 43.7 Å². The summed E-state index contributed by atoms with van der Waals surface area (Å²) >= 11 is 0. The Hall–Kier alpha value is -1.92. The molecule has 2 aliphatic rings. The highest BCUT2D eigenvalue weighted by atomic mass is 16.2. The van der Waals surface area contributed by atoms with Gasteiger partial charge in [-0.25, -0.2) is 0 Å². The number of benzene rings is 1. The molecule has 1 aliphatic heterocycles. The summed E-state index contributed by atoms with van der Waals surface area (Å²) in [7, 11) is 0. The topological polar surface area (TPSA) is 67.1 Å². The molecule has 1 heterocycles. The molecular formula is C23H38N4O2+2. The van der Waals surface area contributed by atoms with Crippen LogP contribution in [0, 0.1) is 19.8 Å². The summed E-state index contributed by atoms with van der Waals surface area (Å²) < 4.78 is 0. The second-order valence-corrected chi connectivity index (χ2v) is 9.08. The minimum absolute atomic E-state index is 0.0705. The minimum atomic E-state index is 0.0705. The highest BCUT2D eigenvalue weighted by molar-refractivity contribution is 5.92. The highest BCUT2D eigenvalue weighted by Gasteiger charge is 2.28. The van der Waals surface area contributed by atoms with Crippen molar-refractivity contribution in [2.24, 2.45) is 5.92 Å². The van der Waals surface area contributed by atoms with Crippen molar-refractivity contribution >= 4 is 17.5 Å². The molecule has 1 aromatic rings. The lowest BCUT2D eigenvalue weighted by Crippen LogP contribution is -3.28. The molecule has 4 N–H and O–H groups in total. The van der Waals surface area contributed by atoms with Crippen molar-refractivity contribution in [2.45, 2.75) is 52.5 Å². The molecule has 2 fully saturated rings. The molecule has 2 amide bonds. The van der Waals surface area contributed by atoms with Gasteiger partial charge in [0.1, 0.15) is 26.2 Å². The average Bonchev–Trinajstić information content (AvgIpc) is 2.69. The molecule has 1 aliphatic carbocycles. The molecule has 3 rings (SSSR count). The van der Waals surface area contributed by atoms with E-state index in [0.717, 1.165) is 43.9 Å². The molecule has 0 aromatic heterocycles. The van der Waals surface area contributed by atoms with E-state index in [4.69, 9.17) is 0 Å². The molecule has 0 spiro atoms. The molecule has 1 saturated heterocycles. The number of quaternary nitrogens is 2. The predicted octanol–water partition coefficient (Wildman–Crippen LogP) is -0.280. The Morgan fingerprint density at radius 3 is 2.24 bits per heavy atom. The lowest BCUT2D eigenvalue weighted by Gasteiger charge is -2.31. The van der Waals surface area contributed by atoms with E-state index in [1.54, 1.807) is 0 Å². The molecule has 2 atom stereocenters. The first-order valence-corrected chi connectivity index (χ1v) is 11.2. The molecule has 6 heteroatoms. The molecule has 1 aromatic carbocycles. The summed E-state index contributed by atoms with van der Waals surface area (Å²) in [5.41, 5.74) is 3.23. The van der Waals surface area contributed by atoms with Crippen LogP contribution in [-0.4, -0.2) is 57.1 Å². The Labute approximate surface area is 175 Å². The Bertz CT molecular complexity index is 713. The number of amides is 2. The fourth-order valence-electron chi connectivity index (χ4n) is 4.63. The molecule has 29 heavy (non-hydrogen) atoms. The van der Waals surface area contributed by atoms with E-state index in [2.05, 4.69) is 30.5 Å². The second-order valence-electron chi connectivity index (χ2n) is 9.08. The van der Waals surface area contributed by atoms with Gasteiger partial charge in [-0.05, 0) is 49.8 Å². The maximum atomic E-state index is 12.5. The van der Waals surface area contributed by atoms with Crippen molar-refractivity contribution in [1.82, 2.24) is 5.32 Å². The van der Waals surface area contributed by atoms with Gasteiger partial charge in [-0.15, -0.1) is 0 Å². The number of carbonyl (C=O) groups excluding carboxylic acids is 2. The first-order chi connectivity index (χ1) is 13.9. The summed E-state index contributed by atoms with van der Waals surface area (Å²) in [6, 6.07) is 6.36. The van der Waals surface area contributed by atoms with Crippen molar-refractivity contribution in [2.75, 3.05) is 44.6 Å². The predicted molar refractivity (Wildman–Crippen MR) is 115 cm³/mol. The van der Waals surface area contributed by atoms with Crippen molar-refractivity contribution in [3.05, 3.63) is 29.3 Å². The number of nitrogens with one attached hydrogen (secondary N) is 4. The Kier molecular flexibility index (Phi) is 7.67. The molecule has 0 radical (unpaired) electrons. The Morgan fingerprint density at radius 1 is 0.966 bits per heavy atom. The van der Waals surface area contributed by atoms with Gasteiger partial charge in [0, 0.05) is 11.7 Å². The van der Waals surface area contributed by atoms with Gasteiger partial charge in [-0.2, -0.15) is 0 Å². The van der Waals surface area contributed by atoms with Gasteiger partial charge in [0.05, 0.1) is 0 Å². The van der Waals surface area contributed by atoms with E-state index < -0.39 is 0 Å². The number of anilines is 1. The number of piperazine rings is 1. The molecule has 6 nitrogen and oxygen atoms in total. The molecule has 0 bridgehead atoms. The SMILES string of the molecule is Cc1cccc(NC(=O)C[NH+]2CC[NH+](CC(=O)N[C@@H]3CCCC[C@H]3C)CC2)c1C. The Balaban J connectivity index is 1.38.